The van der Waals surface area contributed by atoms with E-state index in [1.54, 1.807) is 18.2 Å². The number of fused-ring (bicyclic) bond motifs is 1. The van der Waals surface area contributed by atoms with Crippen LogP contribution in [-0.2, 0) is 14.7 Å². The zero-order chi connectivity index (χ0) is 18.9. The standard InChI is InChI=1S/C16H14ClN3O5S/c1-10-4-2-3-5-11(10)16(21)20-9-8-13(19-25-26(22,23)24)12-6-7-14(17)18-15(12)20/h2-7H,8-9H2,1H3,(H,22,23,24)/b19-13+. The first kappa shape index (κ1) is 18.3. The lowest BCUT2D eigenvalue weighted by molar-refractivity contribution is 0.0985. The molecule has 0 aliphatic carbocycles. The van der Waals surface area contributed by atoms with E-state index in [1.165, 1.54) is 11.0 Å². The number of carbonyl (C=O) groups is 1. The molecule has 0 radical (unpaired) electrons. The highest BCUT2D eigenvalue weighted by atomic mass is 35.5. The first-order valence-electron chi connectivity index (χ1n) is 7.53. The van der Waals surface area contributed by atoms with E-state index in [4.69, 9.17) is 16.2 Å². The molecule has 1 N–H and O–H groups in total. The van der Waals surface area contributed by atoms with Crippen LogP contribution in [-0.4, -0.2) is 36.1 Å². The summed E-state index contributed by atoms with van der Waals surface area (Å²) in [5.41, 5.74) is 1.96. The Morgan fingerprint density at radius 1 is 1.31 bits per heavy atom. The fourth-order valence-corrected chi connectivity index (χ4v) is 2.98. The van der Waals surface area contributed by atoms with Crippen LogP contribution in [0.25, 0.3) is 0 Å². The maximum atomic E-state index is 13.0. The van der Waals surface area contributed by atoms with Crippen molar-refractivity contribution in [3.8, 4) is 0 Å². The molecule has 0 unspecified atom stereocenters. The number of pyridine rings is 1. The molecule has 1 amide bonds. The lowest BCUT2D eigenvalue weighted by Crippen LogP contribution is -2.38. The summed E-state index contributed by atoms with van der Waals surface area (Å²) in [7, 11) is -4.73. The van der Waals surface area contributed by atoms with Crippen molar-refractivity contribution >= 4 is 39.4 Å². The van der Waals surface area contributed by atoms with E-state index in [1.807, 2.05) is 19.1 Å². The van der Waals surface area contributed by atoms with Gasteiger partial charge in [0.05, 0.1) is 5.71 Å². The molecule has 1 aliphatic rings. The van der Waals surface area contributed by atoms with Crippen LogP contribution in [0.4, 0.5) is 5.82 Å². The van der Waals surface area contributed by atoms with E-state index >= 15 is 0 Å². The molecule has 8 nitrogen and oxygen atoms in total. The Hall–Kier alpha value is -2.49. The Bertz CT molecular complexity index is 1010. The Labute approximate surface area is 155 Å². The van der Waals surface area contributed by atoms with Crippen LogP contribution in [0.3, 0.4) is 0 Å². The molecule has 0 bridgehead atoms. The summed E-state index contributed by atoms with van der Waals surface area (Å²) in [6.45, 7) is 2.03. The number of amides is 1. The van der Waals surface area contributed by atoms with Gasteiger partial charge in [-0.05, 0) is 30.7 Å². The maximum absolute atomic E-state index is 13.0. The third kappa shape index (κ3) is 3.85. The number of oxime groups is 1. The number of hydrogen-bond donors (Lipinski definition) is 1. The average Bonchev–Trinajstić information content (AvgIpc) is 2.58. The summed E-state index contributed by atoms with van der Waals surface area (Å²) < 4.78 is 34.3. The minimum Gasteiger partial charge on any atom is -0.292 e. The number of rotatable bonds is 3. The maximum Gasteiger partial charge on any atom is 0.466 e. The van der Waals surface area contributed by atoms with Gasteiger partial charge in [-0.15, -0.1) is 0 Å². The molecular weight excluding hydrogens is 382 g/mol. The van der Waals surface area contributed by atoms with Crippen LogP contribution >= 0.6 is 11.6 Å². The summed E-state index contributed by atoms with van der Waals surface area (Å²) in [5.74, 6) is -0.0106. The molecule has 0 fully saturated rings. The normalized spacial score (nSPS) is 15.7. The van der Waals surface area contributed by atoms with Crippen molar-refractivity contribution < 1.29 is 22.0 Å². The van der Waals surface area contributed by atoms with Crippen molar-refractivity contribution in [3.63, 3.8) is 0 Å². The number of benzene rings is 1. The quantitative estimate of drug-likeness (QED) is 0.486. The van der Waals surface area contributed by atoms with Crippen LogP contribution in [0.5, 0.6) is 0 Å². The molecular formula is C16H14ClN3O5S. The van der Waals surface area contributed by atoms with Gasteiger partial charge in [0.15, 0.2) is 0 Å². The molecule has 2 heterocycles. The Morgan fingerprint density at radius 2 is 2.04 bits per heavy atom. The monoisotopic (exact) mass is 395 g/mol. The van der Waals surface area contributed by atoms with Gasteiger partial charge < -0.3 is 0 Å². The summed E-state index contributed by atoms with van der Waals surface area (Å²) in [4.78, 5) is 18.6. The molecule has 1 aliphatic heterocycles. The van der Waals surface area contributed by atoms with Gasteiger partial charge >= 0.3 is 10.4 Å². The average molecular weight is 396 g/mol. The molecule has 136 valence electrons. The van der Waals surface area contributed by atoms with E-state index in [-0.39, 0.29) is 35.6 Å². The van der Waals surface area contributed by atoms with Crippen molar-refractivity contribution in [2.45, 2.75) is 13.3 Å². The van der Waals surface area contributed by atoms with Gasteiger partial charge in [0.2, 0.25) is 0 Å². The first-order chi connectivity index (χ1) is 12.3. The predicted molar refractivity (Wildman–Crippen MR) is 95.9 cm³/mol. The first-order valence-corrected chi connectivity index (χ1v) is 9.28. The largest absolute Gasteiger partial charge is 0.466 e. The summed E-state index contributed by atoms with van der Waals surface area (Å²) in [6.07, 6.45) is 0.212. The number of nitrogens with zero attached hydrogens (tertiary/aromatic N) is 3. The van der Waals surface area contributed by atoms with Crippen LogP contribution in [0.1, 0.15) is 27.9 Å². The molecule has 0 saturated heterocycles. The topological polar surface area (TPSA) is 109 Å². The van der Waals surface area contributed by atoms with Gasteiger partial charge in [0.25, 0.3) is 5.91 Å². The third-order valence-corrected chi connectivity index (χ3v) is 4.32. The van der Waals surface area contributed by atoms with Crippen molar-refractivity contribution in [1.29, 1.82) is 0 Å². The molecule has 1 aromatic carbocycles. The van der Waals surface area contributed by atoms with Gasteiger partial charge in [-0.1, -0.05) is 35.0 Å². The molecule has 10 heteroatoms. The number of halogens is 1. The van der Waals surface area contributed by atoms with Gasteiger partial charge in [0, 0.05) is 24.1 Å². The Balaban J connectivity index is 2.03. The van der Waals surface area contributed by atoms with E-state index in [0.717, 1.165) is 5.56 Å². The van der Waals surface area contributed by atoms with E-state index in [9.17, 15) is 13.2 Å². The van der Waals surface area contributed by atoms with Crippen LogP contribution < -0.4 is 4.90 Å². The highest BCUT2D eigenvalue weighted by Crippen LogP contribution is 2.29. The zero-order valence-electron chi connectivity index (χ0n) is 13.6. The van der Waals surface area contributed by atoms with E-state index in [0.29, 0.717) is 11.1 Å². The second kappa shape index (κ2) is 7.02. The summed E-state index contributed by atoms with van der Waals surface area (Å²) in [5, 5.41) is 3.64. The SMILES string of the molecule is Cc1ccccc1C(=O)N1CC/C(=N\OS(=O)(=O)O)c2ccc(Cl)nc21. The van der Waals surface area contributed by atoms with Crippen LogP contribution in [0.2, 0.25) is 5.15 Å². The molecule has 3 rings (SSSR count). The third-order valence-electron chi connectivity index (χ3n) is 3.84. The second-order valence-electron chi connectivity index (χ2n) is 5.57. The number of aromatic nitrogens is 1. The predicted octanol–water partition coefficient (Wildman–Crippen LogP) is 2.62. The van der Waals surface area contributed by atoms with E-state index in [2.05, 4.69) is 14.4 Å². The fraction of sp³-hybridized carbons (Fsp3) is 0.188. The minimum absolute atomic E-state index is 0.170. The highest BCUT2D eigenvalue weighted by molar-refractivity contribution is 7.80. The van der Waals surface area contributed by atoms with Crippen molar-refractivity contribution in [2.24, 2.45) is 5.16 Å². The molecule has 0 atom stereocenters. The second-order valence-corrected chi connectivity index (χ2v) is 6.96. The number of carbonyl (C=O) groups excluding carboxylic acids is 1. The smallest absolute Gasteiger partial charge is 0.292 e. The Kier molecular flexibility index (Phi) is 4.94. The van der Waals surface area contributed by atoms with Crippen LogP contribution in [0.15, 0.2) is 41.6 Å². The minimum atomic E-state index is -4.73. The van der Waals surface area contributed by atoms with Crippen molar-refractivity contribution in [1.82, 2.24) is 4.98 Å². The number of aryl methyl sites for hydroxylation is 1. The van der Waals surface area contributed by atoms with Crippen molar-refractivity contribution in [2.75, 3.05) is 11.4 Å². The highest BCUT2D eigenvalue weighted by Gasteiger charge is 2.30. The molecule has 0 spiro atoms. The fourth-order valence-electron chi connectivity index (χ4n) is 2.66. The molecule has 1 aromatic heterocycles. The number of anilines is 1. The van der Waals surface area contributed by atoms with Crippen molar-refractivity contribution in [3.05, 3.63) is 58.2 Å². The Morgan fingerprint density at radius 3 is 2.73 bits per heavy atom. The molecule has 26 heavy (non-hydrogen) atoms. The number of hydrogen-bond acceptors (Lipinski definition) is 6. The van der Waals surface area contributed by atoms with Gasteiger partial charge in [0.1, 0.15) is 11.0 Å². The van der Waals surface area contributed by atoms with Crippen LogP contribution in [0, 0.1) is 6.92 Å². The van der Waals surface area contributed by atoms with Gasteiger partial charge in [-0.25, -0.2) is 9.27 Å². The van der Waals surface area contributed by atoms with Gasteiger partial charge in [-0.3, -0.25) is 14.2 Å². The van der Waals surface area contributed by atoms with E-state index < -0.39 is 10.4 Å². The molecule has 0 saturated carbocycles. The molecule has 2 aromatic rings. The lowest BCUT2D eigenvalue weighted by atomic mass is 10.0. The zero-order valence-corrected chi connectivity index (χ0v) is 15.2. The summed E-state index contributed by atoms with van der Waals surface area (Å²) in [6, 6.07) is 10.2. The van der Waals surface area contributed by atoms with Gasteiger partial charge in [-0.2, -0.15) is 8.42 Å². The summed E-state index contributed by atoms with van der Waals surface area (Å²) >= 11 is 5.97. The lowest BCUT2D eigenvalue weighted by Gasteiger charge is -2.29.